The molecule has 2 heterocycles. The fraction of sp³-hybridized carbons (Fsp3) is 0.167. The monoisotopic (exact) mass is 368 g/mol. The number of para-hydroxylation sites is 4. The molecule has 3 aromatic carbocycles. The van der Waals surface area contributed by atoms with Gasteiger partial charge in [0.25, 0.3) is 0 Å². The average Bonchev–Trinajstić information content (AvgIpc) is 3.34. The average molecular weight is 368 g/mol. The zero-order valence-electron chi connectivity index (χ0n) is 15.5. The molecule has 2 aromatic heterocycles. The van der Waals surface area contributed by atoms with Crippen LogP contribution in [0.5, 0.6) is 0 Å². The van der Waals surface area contributed by atoms with Gasteiger partial charge < -0.3 is 8.83 Å². The fourth-order valence-electron chi connectivity index (χ4n) is 3.43. The van der Waals surface area contributed by atoms with E-state index in [2.05, 4.69) is 34.2 Å². The Balaban J connectivity index is 1.19. The first-order valence-corrected chi connectivity index (χ1v) is 9.60. The maximum Gasteiger partial charge on any atom is 0.195 e. The first-order chi connectivity index (χ1) is 13.8. The van der Waals surface area contributed by atoms with Crippen molar-refractivity contribution in [3.63, 3.8) is 0 Å². The van der Waals surface area contributed by atoms with E-state index in [-0.39, 0.29) is 0 Å². The highest BCUT2D eigenvalue weighted by atomic mass is 16.4. The molecule has 5 aromatic rings. The lowest BCUT2D eigenvalue weighted by Crippen LogP contribution is -1.94. The summed E-state index contributed by atoms with van der Waals surface area (Å²) >= 11 is 0. The first kappa shape index (κ1) is 16.8. The maximum atomic E-state index is 5.80. The highest BCUT2D eigenvalue weighted by Crippen LogP contribution is 2.18. The molecule has 4 nitrogen and oxygen atoms in total. The Hall–Kier alpha value is -3.40. The van der Waals surface area contributed by atoms with E-state index < -0.39 is 0 Å². The molecule has 0 saturated heterocycles. The molecule has 0 radical (unpaired) electrons. The van der Waals surface area contributed by atoms with Crippen LogP contribution in [0, 0.1) is 0 Å². The van der Waals surface area contributed by atoms with Crippen LogP contribution >= 0.6 is 0 Å². The van der Waals surface area contributed by atoms with Crippen molar-refractivity contribution in [2.45, 2.75) is 25.7 Å². The number of benzene rings is 3. The summed E-state index contributed by atoms with van der Waals surface area (Å²) in [4.78, 5) is 9.08. The quantitative estimate of drug-likeness (QED) is 0.395. The van der Waals surface area contributed by atoms with Crippen LogP contribution in [-0.4, -0.2) is 9.97 Å². The smallest absolute Gasteiger partial charge is 0.195 e. The van der Waals surface area contributed by atoms with Crippen LogP contribution in [0.1, 0.15) is 22.9 Å². The van der Waals surface area contributed by atoms with E-state index in [1.165, 1.54) is 11.1 Å². The highest BCUT2D eigenvalue weighted by molar-refractivity contribution is 5.72. The number of hydrogen-bond acceptors (Lipinski definition) is 4. The van der Waals surface area contributed by atoms with Gasteiger partial charge in [-0.2, -0.15) is 0 Å². The third kappa shape index (κ3) is 3.54. The van der Waals surface area contributed by atoms with E-state index in [4.69, 9.17) is 8.83 Å². The Bertz CT molecular complexity index is 1060. The number of rotatable bonds is 6. The van der Waals surface area contributed by atoms with Crippen LogP contribution in [0.25, 0.3) is 22.2 Å². The predicted molar refractivity (Wildman–Crippen MR) is 109 cm³/mol. The summed E-state index contributed by atoms with van der Waals surface area (Å²) in [6.07, 6.45) is 3.43. The molecular weight excluding hydrogens is 348 g/mol. The van der Waals surface area contributed by atoms with Gasteiger partial charge in [-0.15, -0.1) is 0 Å². The van der Waals surface area contributed by atoms with Crippen molar-refractivity contribution in [2.24, 2.45) is 0 Å². The van der Waals surface area contributed by atoms with Gasteiger partial charge in [0.15, 0.2) is 22.9 Å². The van der Waals surface area contributed by atoms with Gasteiger partial charge in [0, 0.05) is 12.8 Å². The minimum absolute atomic E-state index is 0.793. The summed E-state index contributed by atoms with van der Waals surface area (Å²) in [6, 6.07) is 24.5. The van der Waals surface area contributed by atoms with Crippen molar-refractivity contribution in [2.75, 3.05) is 0 Å². The Kier molecular flexibility index (Phi) is 4.37. The van der Waals surface area contributed by atoms with Crippen LogP contribution in [0.15, 0.2) is 81.6 Å². The second-order valence-electron chi connectivity index (χ2n) is 6.97. The second-order valence-corrected chi connectivity index (χ2v) is 6.97. The summed E-state index contributed by atoms with van der Waals surface area (Å²) in [5.41, 5.74) is 6.12. The van der Waals surface area contributed by atoms with Crippen molar-refractivity contribution in [1.29, 1.82) is 0 Å². The largest absolute Gasteiger partial charge is 0.441 e. The Morgan fingerprint density at radius 3 is 1.36 bits per heavy atom. The molecule has 0 bridgehead atoms. The zero-order chi connectivity index (χ0) is 18.8. The minimum atomic E-state index is 0.793. The van der Waals surface area contributed by atoms with Gasteiger partial charge in [0.05, 0.1) is 0 Å². The number of oxazole rings is 2. The van der Waals surface area contributed by atoms with Gasteiger partial charge in [-0.1, -0.05) is 48.5 Å². The molecule has 28 heavy (non-hydrogen) atoms. The molecule has 0 unspecified atom stereocenters. The molecule has 5 rings (SSSR count). The molecule has 0 aliphatic heterocycles. The lowest BCUT2D eigenvalue weighted by molar-refractivity contribution is 0.527. The van der Waals surface area contributed by atoms with E-state index in [0.717, 1.165) is 59.7 Å². The number of fused-ring (bicyclic) bond motifs is 2. The molecule has 0 aliphatic rings. The molecule has 0 amide bonds. The second kappa shape index (κ2) is 7.31. The maximum absolute atomic E-state index is 5.80. The number of nitrogens with zero attached hydrogens (tertiary/aromatic N) is 2. The third-order valence-electron chi connectivity index (χ3n) is 4.95. The number of hydrogen-bond donors (Lipinski definition) is 0. The zero-order valence-corrected chi connectivity index (χ0v) is 15.5. The number of aryl methyl sites for hydroxylation is 4. The minimum Gasteiger partial charge on any atom is -0.441 e. The van der Waals surface area contributed by atoms with Gasteiger partial charge in [-0.05, 0) is 48.2 Å². The fourth-order valence-corrected chi connectivity index (χ4v) is 3.43. The number of aromatic nitrogens is 2. The van der Waals surface area contributed by atoms with Crippen LogP contribution in [-0.2, 0) is 25.7 Å². The molecule has 0 spiro atoms. The molecule has 0 aliphatic carbocycles. The Morgan fingerprint density at radius 2 is 0.929 bits per heavy atom. The van der Waals surface area contributed by atoms with Crippen molar-refractivity contribution < 1.29 is 8.83 Å². The SMILES string of the molecule is c1ccc2oc(CCc3ccc(CCc4nc5ccccc5o4)cc3)nc2c1. The van der Waals surface area contributed by atoms with Crippen molar-refractivity contribution in [3.05, 3.63) is 95.7 Å². The van der Waals surface area contributed by atoms with Crippen molar-refractivity contribution in [1.82, 2.24) is 9.97 Å². The van der Waals surface area contributed by atoms with Crippen LogP contribution < -0.4 is 0 Å². The van der Waals surface area contributed by atoms with Crippen LogP contribution in [0.2, 0.25) is 0 Å². The Labute approximate surface area is 162 Å². The van der Waals surface area contributed by atoms with Gasteiger partial charge in [-0.3, -0.25) is 0 Å². The highest BCUT2D eigenvalue weighted by Gasteiger charge is 2.07. The predicted octanol–water partition coefficient (Wildman–Crippen LogP) is 5.54. The van der Waals surface area contributed by atoms with E-state index in [1.807, 2.05) is 48.5 Å². The third-order valence-corrected chi connectivity index (χ3v) is 4.95. The molecule has 0 saturated carbocycles. The van der Waals surface area contributed by atoms with Crippen LogP contribution in [0.3, 0.4) is 0 Å². The summed E-state index contributed by atoms with van der Waals surface area (Å²) in [5.74, 6) is 1.59. The molecular formula is C24H20N2O2. The van der Waals surface area contributed by atoms with E-state index in [0.29, 0.717) is 0 Å². The normalized spacial score (nSPS) is 11.4. The van der Waals surface area contributed by atoms with E-state index in [9.17, 15) is 0 Å². The topological polar surface area (TPSA) is 52.1 Å². The Morgan fingerprint density at radius 1 is 0.500 bits per heavy atom. The lowest BCUT2D eigenvalue weighted by atomic mass is 10.0. The van der Waals surface area contributed by atoms with E-state index >= 15 is 0 Å². The first-order valence-electron chi connectivity index (χ1n) is 9.60. The lowest BCUT2D eigenvalue weighted by Gasteiger charge is -2.02. The summed E-state index contributed by atoms with van der Waals surface area (Å²) in [7, 11) is 0. The molecule has 0 atom stereocenters. The van der Waals surface area contributed by atoms with E-state index in [1.54, 1.807) is 0 Å². The van der Waals surface area contributed by atoms with Crippen molar-refractivity contribution in [3.8, 4) is 0 Å². The molecule has 0 fully saturated rings. The summed E-state index contributed by atoms with van der Waals surface area (Å²) in [6.45, 7) is 0. The summed E-state index contributed by atoms with van der Waals surface area (Å²) < 4.78 is 11.6. The van der Waals surface area contributed by atoms with Gasteiger partial charge in [0.1, 0.15) is 11.0 Å². The van der Waals surface area contributed by atoms with Crippen molar-refractivity contribution >= 4 is 22.2 Å². The summed E-state index contributed by atoms with van der Waals surface area (Å²) in [5, 5.41) is 0. The standard InChI is InChI=1S/C24H20N2O2/c1-3-7-21-19(5-1)25-23(27-21)15-13-17-9-11-18(12-10-17)14-16-24-26-20-6-2-4-8-22(20)28-24/h1-12H,13-16H2. The van der Waals surface area contributed by atoms with Gasteiger partial charge >= 0.3 is 0 Å². The van der Waals surface area contributed by atoms with Gasteiger partial charge in [-0.25, -0.2) is 9.97 Å². The van der Waals surface area contributed by atoms with Crippen LogP contribution in [0.4, 0.5) is 0 Å². The molecule has 0 N–H and O–H groups in total. The molecule has 138 valence electrons. The van der Waals surface area contributed by atoms with Gasteiger partial charge in [0.2, 0.25) is 0 Å². The molecule has 4 heteroatoms.